The number of carbonyl (C=O) groups excluding carboxylic acids is 1. The lowest BCUT2D eigenvalue weighted by Crippen LogP contribution is -2.47. The second-order valence-corrected chi connectivity index (χ2v) is 5.98. The van der Waals surface area contributed by atoms with Crippen molar-refractivity contribution >= 4 is 5.97 Å². The molecular formula is C15H28N2O3. The number of morpholine rings is 1. The standard InChI is InChI=1S/C15H28N2O3/c1-3-19-15(18)12-5-4-6-13(9-12)16-10-14-11-17(2)7-8-20-14/h12-14,16H,3-11H2,1-2H3. The zero-order valence-corrected chi connectivity index (χ0v) is 12.8. The first-order valence-corrected chi connectivity index (χ1v) is 7.89. The van der Waals surface area contributed by atoms with Crippen molar-refractivity contribution in [1.29, 1.82) is 0 Å². The van der Waals surface area contributed by atoms with Gasteiger partial charge in [-0.05, 0) is 33.2 Å². The molecule has 1 saturated carbocycles. The largest absolute Gasteiger partial charge is 0.466 e. The number of nitrogens with one attached hydrogen (secondary N) is 1. The van der Waals surface area contributed by atoms with Crippen molar-refractivity contribution in [2.75, 3.05) is 39.9 Å². The number of likely N-dealkylation sites (N-methyl/N-ethyl adjacent to an activating group) is 1. The van der Waals surface area contributed by atoms with E-state index in [2.05, 4.69) is 17.3 Å². The van der Waals surface area contributed by atoms with E-state index in [9.17, 15) is 4.79 Å². The normalized spacial score (nSPS) is 32.0. The van der Waals surface area contributed by atoms with Crippen LogP contribution in [0.5, 0.6) is 0 Å². The van der Waals surface area contributed by atoms with Crippen LogP contribution >= 0.6 is 0 Å². The van der Waals surface area contributed by atoms with E-state index in [4.69, 9.17) is 9.47 Å². The Balaban J connectivity index is 1.71. The number of esters is 1. The molecule has 1 aliphatic heterocycles. The molecular weight excluding hydrogens is 256 g/mol. The molecule has 3 unspecified atom stereocenters. The predicted octanol–water partition coefficient (Wildman–Crippen LogP) is 1.03. The molecule has 0 radical (unpaired) electrons. The Kier molecular flexibility index (Phi) is 6.26. The average molecular weight is 284 g/mol. The Morgan fingerprint density at radius 2 is 2.30 bits per heavy atom. The summed E-state index contributed by atoms with van der Waals surface area (Å²) in [4.78, 5) is 14.1. The molecule has 1 saturated heterocycles. The van der Waals surface area contributed by atoms with Crippen LogP contribution in [0.2, 0.25) is 0 Å². The molecule has 0 aromatic heterocycles. The number of hydrogen-bond donors (Lipinski definition) is 1. The molecule has 2 rings (SSSR count). The molecule has 2 aliphatic rings. The van der Waals surface area contributed by atoms with Crippen molar-refractivity contribution in [3.63, 3.8) is 0 Å². The van der Waals surface area contributed by atoms with Crippen LogP contribution < -0.4 is 5.32 Å². The summed E-state index contributed by atoms with van der Waals surface area (Å²) in [5.41, 5.74) is 0. The lowest BCUT2D eigenvalue weighted by atomic mass is 9.85. The monoisotopic (exact) mass is 284 g/mol. The van der Waals surface area contributed by atoms with Gasteiger partial charge in [0.15, 0.2) is 0 Å². The van der Waals surface area contributed by atoms with Crippen molar-refractivity contribution < 1.29 is 14.3 Å². The quantitative estimate of drug-likeness (QED) is 0.764. The molecule has 0 amide bonds. The number of nitrogens with zero attached hydrogens (tertiary/aromatic N) is 1. The van der Waals surface area contributed by atoms with E-state index < -0.39 is 0 Å². The number of carbonyl (C=O) groups is 1. The van der Waals surface area contributed by atoms with Gasteiger partial charge in [-0.15, -0.1) is 0 Å². The number of hydrogen-bond acceptors (Lipinski definition) is 5. The van der Waals surface area contributed by atoms with Gasteiger partial charge in [0.1, 0.15) is 0 Å². The van der Waals surface area contributed by atoms with Crippen LogP contribution in [-0.4, -0.2) is 62.9 Å². The maximum Gasteiger partial charge on any atom is 0.308 e. The molecule has 5 nitrogen and oxygen atoms in total. The zero-order chi connectivity index (χ0) is 14.4. The number of ether oxygens (including phenoxy) is 2. The minimum Gasteiger partial charge on any atom is -0.466 e. The second-order valence-electron chi connectivity index (χ2n) is 5.98. The van der Waals surface area contributed by atoms with E-state index in [1.807, 2.05) is 6.92 Å². The summed E-state index contributed by atoms with van der Waals surface area (Å²) in [7, 11) is 2.13. The van der Waals surface area contributed by atoms with Crippen molar-refractivity contribution in [3.05, 3.63) is 0 Å². The fraction of sp³-hybridized carbons (Fsp3) is 0.933. The van der Waals surface area contributed by atoms with Crippen molar-refractivity contribution in [2.45, 2.75) is 44.8 Å². The topological polar surface area (TPSA) is 50.8 Å². The van der Waals surface area contributed by atoms with Gasteiger partial charge in [0.05, 0.1) is 25.2 Å². The van der Waals surface area contributed by atoms with Crippen LogP contribution in [0.3, 0.4) is 0 Å². The Morgan fingerprint density at radius 1 is 1.45 bits per heavy atom. The molecule has 1 aliphatic carbocycles. The Hall–Kier alpha value is -0.650. The van der Waals surface area contributed by atoms with Gasteiger partial charge in [-0.3, -0.25) is 4.79 Å². The fourth-order valence-corrected chi connectivity index (χ4v) is 3.14. The smallest absolute Gasteiger partial charge is 0.308 e. The Bertz CT molecular complexity index is 311. The van der Waals surface area contributed by atoms with Crippen LogP contribution in [0.4, 0.5) is 0 Å². The van der Waals surface area contributed by atoms with Crippen molar-refractivity contribution in [2.24, 2.45) is 5.92 Å². The highest BCUT2D eigenvalue weighted by atomic mass is 16.5. The minimum atomic E-state index is -0.0207. The van der Waals surface area contributed by atoms with E-state index in [-0.39, 0.29) is 18.0 Å². The molecule has 5 heteroatoms. The summed E-state index contributed by atoms with van der Waals surface area (Å²) in [5.74, 6) is 0.0591. The summed E-state index contributed by atoms with van der Waals surface area (Å²) >= 11 is 0. The third kappa shape index (κ3) is 4.72. The molecule has 20 heavy (non-hydrogen) atoms. The lowest BCUT2D eigenvalue weighted by Gasteiger charge is -2.33. The second kappa shape index (κ2) is 7.96. The maximum absolute atomic E-state index is 11.8. The van der Waals surface area contributed by atoms with Crippen molar-refractivity contribution in [3.8, 4) is 0 Å². The minimum absolute atomic E-state index is 0.0207. The summed E-state index contributed by atoms with van der Waals surface area (Å²) in [6.07, 6.45) is 4.41. The van der Waals surface area contributed by atoms with E-state index >= 15 is 0 Å². The van der Waals surface area contributed by atoms with Crippen LogP contribution in [0.15, 0.2) is 0 Å². The van der Waals surface area contributed by atoms with E-state index in [0.29, 0.717) is 12.6 Å². The van der Waals surface area contributed by atoms with E-state index in [1.165, 1.54) is 0 Å². The first-order valence-electron chi connectivity index (χ1n) is 7.89. The Labute approximate surface area is 122 Å². The summed E-state index contributed by atoms with van der Waals surface area (Å²) in [6, 6.07) is 0.425. The first-order chi connectivity index (χ1) is 9.69. The molecule has 3 atom stereocenters. The van der Waals surface area contributed by atoms with Gasteiger partial charge in [-0.25, -0.2) is 0 Å². The molecule has 0 aromatic carbocycles. The highest BCUT2D eigenvalue weighted by molar-refractivity contribution is 5.72. The Morgan fingerprint density at radius 3 is 3.05 bits per heavy atom. The zero-order valence-electron chi connectivity index (χ0n) is 12.8. The molecule has 116 valence electrons. The molecule has 0 aromatic rings. The average Bonchev–Trinajstić information content (AvgIpc) is 2.46. The highest BCUT2D eigenvalue weighted by Crippen LogP contribution is 2.25. The highest BCUT2D eigenvalue weighted by Gasteiger charge is 2.28. The van der Waals surface area contributed by atoms with Crippen LogP contribution in [0.1, 0.15) is 32.6 Å². The molecule has 1 N–H and O–H groups in total. The maximum atomic E-state index is 11.8. The molecule has 0 spiro atoms. The van der Waals surface area contributed by atoms with Gasteiger partial charge < -0.3 is 19.7 Å². The van der Waals surface area contributed by atoms with Gasteiger partial charge in [0, 0.05) is 25.7 Å². The molecule has 0 bridgehead atoms. The summed E-state index contributed by atoms with van der Waals surface area (Å²) in [5, 5.41) is 3.58. The van der Waals surface area contributed by atoms with Gasteiger partial charge in [-0.2, -0.15) is 0 Å². The SMILES string of the molecule is CCOC(=O)C1CCCC(NCC2CN(C)CCO2)C1. The summed E-state index contributed by atoms with van der Waals surface area (Å²) < 4.78 is 10.9. The van der Waals surface area contributed by atoms with Gasteiger partial charge in [-0.1, -0.05) is 6.42 Å². The third-order valence-electron chi connectivity index (χ3n) is 4.27. The van der Waals surface area contributed by atoms with Gasteiger partial charge in [0.2, 0.25) is 0 Å². The number of rotatable bonds is 5. The van der Waals surface area contributed by atoms with Crippen LogP contribution in [0, 0.1) is 5.92 Å². The molecule has 2 fully saturated rings. The third-order valence-corrected chi connectivity index (χ3v) is 4.27. The van der Waals surface area contributed by atoms with Crippen molar-refractivity contribution in [1.82, 2.24) is 10.2 Å². The predicted molar refractivity (Wildman–Crippen MR) is 77.6 cm³/mol. The summed E-state index contributed by atoms with van der Waals surface area (Å²) in [6.45, 7) is 6.05. The van der Waals surface area contributed by atoms with Crippen LogP contribution in [-0.2, 0) is 14.3 Å². The molecule has 1 heterocycles. The first kappa shape index (κ1) is 15.7. The van der Waals surface area contributed by atoms with E-state index in [1.54, 1.807) is 0 Å². The van der Waals surface area contributed by atoms with Gasteiger partial charge in [0.25, 0.3) is 0 Å². The lowest BCUT2D eigenvalue weighted by molar-refractivity contribution is -0.149. The van der Waals surface area contributed by atoms with Gasteiger partial charge >= 0.3 is 5.97 Å². The fourth-order valence-electron chi connectivity index (χ4n) is 3.14. The van der Waals surface area contributed by atoms with Crippen LogP contribution in [0.25, 0.3) is 0 Å². The van der Waals surface area contributed by atoms with E-state index in [0.717, 1.165) is 51.9 Å².